The second kappa shape index (κ2) is 10.3. The van der Waals surface area contributed by atoms with Gasteiger partial charge in [-0.05, 0) is 37.0 Å². The molecule has 6 amide bonds. The third kappa shape index (κ3) is 4.98. The van der Waals surface area contributed by atoms with Crippen LogP contribution in [-0.4, -0.2) is 58.6 Å². The number of carbonyl (C=O) groups excluding carboxylic acids is 5. The lowest BCUT2D eigenvalue weighted by atomic mass is 10.1. The quantitative estimate of drug-likeness (QED) is 0.461. The molecule has 2 aliphatic rings. The van der Waals surface area contributed by atoms with Crippen LogP contribution >= 0.6 is 0 Å². The maximum absolute atomic E-state index is 12.7. The van der Waals surface area contributed by atoms with Crippen LogP contribution < -0.4 is 10.6 Å². The molecule has 1 aliphatic heterocycles. The van der Waals surface area contributed by atoms with Crippen LogP contribution in [-0.2, 0) is 20.8 Å². The Bertz CT molecular complexity index is 1110. The molecular weight excluding hydrogens is 436 g/mol. The van der Waals surface area contributed by atoms with Crippen molar-refractivity contribution >= 4 is 35.3 Å². The molecule has 34 heavy (non-hydrogen) atoms. The van der Waals surface area contributed by atoms with E-state index in [-0.39, 0.29) is 23.2 Å². The van der Waals surface area contributed by atoms with E-state index in [9.17, 15) is 24.0 Å². The average Bonchev–Trinajstić information content (AvgIpc) is 3.43. The maximum atomic E-state index is 12.7. The van der Waals surface area contributed by atoms with E-state index in [0.717, 1.165) is 23.3 Å². The summed E-state index contributed by atoms with van der Waals surface area (Å²) < 4.78 is 0. The zero-order chi connectivity index (χ0) is 24.1. The Morgan fingerprint density at radius 2 is 1.56 bits per heavy atom. The van der Waals surface area contributed by atoms with Gasteiger partial charge in [0.25, 0.3) is 5.91 Å². The van der Waals surface area contributed by atoms with Crippen molar-refractivity contribution in [3.05, 3.63) is 65.7 Å². The molecule has 9 nitrogen and oxygen atoms in total. The number of imide groups is 2. The largest absolute Gasteiger partial charge is 0.352 e. The summed E-state index contributed by atoms with van der Waals surface area (Å²) in [6.07, 6.45) is 3.77. The van der Waals surface area contributed by atoms with E-state index in [1.807, 2.05) is 30.3 Å². The molecule has 1 saturated heterocycles. The summed E-state index contributed by atoms with van der Waals surface area (Å²) in [4.78, 5) is 64.3. The molecule has 2 N–H and O–H groups in total. The standard InChI is InChI=1S/C25H26N4O5/c30-21(16-28-23(32)24(33)29(25(28)34)18-10-4-5-11-18)27-20-13-7-6-12-19(20)22(31)26-15-14-17-8-2-1-3-9-17/h1-3,6-9,12-13,18H,4-5,10-11,14-16H2,(H,26,31)(H,27,30). The Balaban J connectivity index is 1.37. The van der Waals surface area contributed by atoms with Crippen molar-refractivity contribution in [3.63, 3.8) is 0 Å². The zero-order valence-corrected chi connectivity index (χ0v) is 18.7. The van der Waals surface area contributed by atoms with Crippen LogP contribution in [0.2, 0.25) is 0 Å². The lowest BCUT2D eigenvalue weighted by Gasteiger charge is -2.21. The molecule has 0 spiro atoms. The highest BCUT2D eigenvalue weighted by Crippen LogP contribution is 2.27. The third-order valence-electron chi connectivity index (χ3n) is 6.06. The van der Waals surface area contributed by atoms with Crippen LogP contribution in [0.3, 0.4) is 0 Å². The normalized spacial score (nSPS) is 16.3. The minimum atomic E-state index is -1.00. The van der Waals surface area contributed by atoms with E-state index < -0.39 is 30.3 Å². The minimum absolute atomic E-state index is 0.253. The van der Waals surface area contributed by atoms with Crippen molar-refractivity contribution < 1.29 is 24.0 Å². The van der Waals surface area contributed by atoms with Gasteiger partial charge >= 0.3 is 17.8 Å². The molecule has 0 radical (unpaired) electrons. The summed E-state index contributed by atoms with van der Waals surface area (Å²) >= 11 is 0. The summed E-state index contributed by atoms with van der Waals surface area (Å²) in [5, 5.41) is 5.42. The monoisotopic (exact) mass is 462 g/mol. The summed E-state index contributed by atoms with van der Waals surface area (Å²) in [6, 6.07) is 15.1. The Morgan fingerprint density at radius 1 is 0.882 bits per heavy atom. The van der Waals surface area contributed by atoms with Crippen molar-refractivity contribution in [1.29, 1.82) is 0 Å². The van der Waals surface area contributed by atoms with E-state index in [1.165, 1.54) is 0 Å². The molecule has 1 aliphatic carbocycles. The fourth-order valence-corrected chi connectivity index (χ4v) is 4.33. The molecule has 176 valence electrons. The Hall–Kier alpha value is -4.01. The van der Waals surface area contributed by atoms with Crippen molar-refractivity contribution in [2.24, 2.45) is 0 Å². The van der Waals surface area contributed by atoms with E-state index in [0.29, 0.717) is 30.7 Å². The topological polar surface area (TPSA) is 116 Å². The van der Waals surface area contributed by atoms with Crippen molar-refractivity contribution in [2.45, 2.75) is 38.1 Å². The first-order valence-corrected chi connectivity index (χ1v) is 11.4. The van der Waals surface area contributed by atoms with Gasteiger partial charge in [0.1, 0.15) is 6.54 Å². The van der Waals surface area contributed by atoms with Gasteiger partial charge in [-0.3, -0.25) is 24.1 Å². The van der Waals surface area contributed by atoms with E-state index in [1.54, 1.807) is 24.3 Å². The van der Waals surface area contributed by atoms with E-state index in [2.05, 4.69) is 10.6 Å². The fraction of sp³-hybridized carbons (Fsp3) is 0.320. The van der Waals surface area contributed by atoms with Gasteiger partial charge in [0, 0.05) is 12.6 Å². The lowest BCUT2D eigenvalue weighted by molar-refractivity contribution is -0.144. The molecule has 0 bridgehead atoms. The van der Waals surface area contributed by atoms with Gasteiger partial charge in [-0.15, -0.1) is 0 Å². The molecule has 1 saturated carbocycles. The number of urea groups is 1. The van der Waals surface area contributed by atoms with Gasteiger partial charge in [-0.25, -0.2) is 9.69 Å². The number of hydrogen-bond acceptors (Lipinski definition) is 5. The van der Waals surface area contributed by atoms with E-state index >= 15 is 0 Å². The van der Waals surface area contributed by atoms with Gasteiger partial charge in [0.2, 0.25) is 5.91 Å². The van der Waals surface area contributed by atoms with Crippen LogP contribution in [0.4, 0.5) is 10.5 Å². The highest BCUT2D eigenvalue weighted by atomic mass is 16.2. The first-order valence-electron chi connectivity index (χ1n) is 11.4. The number of carbonyl (C=O) groups is 5. The van der Waals surface area contributed by atoms with Gasteiger partial charge in [-0.1, -0.05) is 55.3 Å². The molecule has 2 fully saturated rings. The summed E-state index contributed by atoms with van der Waals surface area (Å²) in [7, 11) is 0. The number of benzene rings is 2. The first-order chi connectivity index (χ1) is 16.5. The van der Waals surface area contributed by atoms with Crippen molar-refractivity contribution in [1.82, 2.24) is 15.1 Å². The number of amides is 6. The maximum Gasteiger partial charge on any atom is 0.334 e. The minimum Gasteiger partial charge on any atom is -0.352 e. The van der Waals surface area contributed by atoms with Crippen LogP contribution in [0, 0.1) is 0 Å². The second-order valence-corrected chi connectivity index (χ2v) is 8.37. The smallest absolute Gasteiger partial charge is 0.334 e. The molecule has 0 aromatic heterocycles. The summed E-state index contributed by atoms with van der Waals surface area (Å²) in [5.41, 5.74) is 1.60. The molecule has 2 aromatic carbocycles. The Kier molecular flexibility index (Phi) is 7.01. The number of anilines is 1. The molecule has 1 heterocycles. The Labute approximate surface area is 197 Å². The van der Waals surface area contributed by atoms with E-state index in [4.69, 9.17) is 0 Å². The first kappa shape index (κ1) is 23.2. The Morgan fingerprint density at radius 3 is 2.29 bits per heavy atom. The highest BCUT2D eigenvalue weighted by molar-refractivity contribution is 6.45. The molecule has 0 atom stereocenters. The van der Waals surface area contributed by atoms with Gasteiger partial charge < -0.3 is 10.6 Å². The molecule has 9 heteroatoms. The van der Waals surface area contributed by atoms with Crippen LogP contribution in [0.5, 0.6) is 0 Å². The summed E-state index contributed by atoms with van der Waals surface area (Å²) in [5.74, 6) is -2.92. The molecule has 0 unspecified atom stereocenters. The lowest BCUT2D eigenvalue weighted by Crippen LogP contribution is -2.41. The SMILES string of the molecule is O=C(CN1C(=O)C(=O)N(C2CCCC2)C1=O)Nc1ccccc1C(=O)NCCc1ccccc1. The van der Waals surface area contributed by atoms with Crippen LogP contribution in [0.1, 0.15) is 41.6 Å². The van der Waals surface area contributed by atoms with Gasteiger partial charge in [0.15, 0.2) is 0 Å². The highest BCUT2D eigenvalue weighted by Gasteiger charge is 2.48. The van der Waals surface area contributed by atoms with Gasteiger partial charge in [-0.2, -0.15) is 0 Å². The summed E-state index contributed by atoms with van der Waals surface area (Å²) in [6.45, 7) is -0.183. The van der Waals surface area contributed by atoms with Crippen molar-refractivity contribution in [3.8, 4) is 0 Å². The fourth-order valence-electron chi connectivity index (χ4n) is 4.33. The number of para-hydroxylation sites is 1. The number of nitrogens with zero attached hydrogens (tertiary/aromatic N) is 2. The molecule has 2 aromatic rings. The number of nitrogens with one attached hydrogen (secondary N) is 2. The van der Waals surface area contributed by atoms with Gasteiger partial charge in [0.05, 0.1) is 11.3 Å². The predicted octanol–water partition coefficient (Wildman–Crippen LogP) is 2.33. The molecular formula is C25H26N4O5. The average molecular weight is 463 g/mol. The number of rotatable bonds is 8. The third-order valence-corrected chi connectivity index (χ3v) is 6.06. The number of hydrogen-bond donors (Lipinski definition) is 2. The van der Waals surface area contributed by atoms with Crippen LogP contribution in [0.25, 0.3) is 0 Å². The van der Waals surface area contributed by atoms with Crippen LogP contribution in [0.15, 0.2) is 54.6 Å². The van der Waals surface area contributed by atoms with Crippen molar-refractivity contribution in [2.75, 3.05) is 18.4 Å². The predicted molar refractivity (Wildman–Crippen MR) is 124 cm³/mol. The second-order valence-electron chi connectivity index (χ2n) is 8.37. The molecule has 4 rings (SSSR count). The zero-order valence-electron chi connectivity index (χ0n) is 18.7.